The zero-order chi connectivity index (χ0) is 17.4. The fourth-order valence-corrected chi connectivity index (χ4v) is 5.10. The summed E-state index contributed by atoms with van der Waals surface area (Å²) in [4.78, 5) is 3.47. The molecule has 3 aromatic rings. The number of nitrogens with one attached hydrogen (secondary N) is 1. The maximum Gasteiger partial charge on any atom is 0.243 e. The van der Waals surface area contributed by atoms with E-state index >= 15 is 0 Å². The van der Waals surface area contributed by atoms with Gasteiger partial charge in [-0.05, 0) is 54.7 Å². The minimum absolute atomic E-state index is 0.260. The van der Waals surface area contributed by atoms with E-state index in [1.807, 2.05) is 12.3 Å². The van der Waals surface area contributed by atoms with Crippen molar-refractivity contribution >= 4 is 20.9 Å². The number of aromatic nitrogens is 1. The third-order valence-electron chi connectivity index (χ3n) is 4.95. The van der Waals surface area contributed by atoms with Crippen molar-refractivity contribution in [2.45, 2.75) is 23.7 Å². The van der Waals surface area contributed by atoms with Gasteiger partial charge < -0.3 is 4.98 Å². The molecule has 1 aliphatic rings. The van der Waals surface area contributed by atoms with Crippen LogP contribution in [0.25, 0.3) is 10.9 Å². The highest BCUT2D eigenvalue weighted by Gasteiger charge is 2.30. The maximum atomic E-state index is 13.3. The zero-order valence-electron chi connectivity index (χ0n) is 13.7. The van der Waals surface area contributed by atoms with Crippen LogP contribution in [0.15, 0.2) is 59.6 Å². The first kappa shape index (κ1) is 16.3. The van der Waals surface area contributed by atoms with Gasteiger partial charge >= 0.3 is 0 Å². The number of H-pyrrole nitrogens is 1. The number of halogens is 1. The molecule has 6 heteroatoms. The number of benzene rings is 2. The minimum Gasteiger partial charge on any atom is -0.361 e. The minimum atomic E-state index is -3.43. The zero-order valence-corrected chi connectivity index (χ0v) is 14.5. The number of fused-ring (bicyclic) bond motifs is 1. The SMILES string of the molecule is O=S(=O)(c1ccccc1)N1CCC(c2c[nH]c3cc(F)ccc23)CC1. The van der Waals surface area contributed by atoms with Crippen molar-refractivity contribution in [3.05, 3.63) is 66.1 Å². The van der Waals surface area contributed by atoms with Gasteiger partial charge in [-0.3, -0.25) is 0 Å². The normalized spacial score (nSPS) is 17.2. The Kier molecular flexibility index (Phi) is 4.09. The predicted molar refractivity (Wildman–Crippen MR) is 95.4 cm³/mol. The van der Waals surface area contributed by atoms with E-state index in [2.05, 4.69) is 4.98 Å². The summed E-state index contributed by atoms with van der Waals surface area (Å²) in [7, 11) is -3.43. The monoisotopic (exact) mass is 358 g/mol. The quantitative estimate of drug-likeness (QED) is 0.773. The van der Waals surface area contributed by atoms with Crippen LogP contribution in [-0.4, -0.2) is 30.8 Å². The molecule has 25 heavy (non-hydrogen) atoms. The number of piperidine rings is 1. The fourth-order valence-electron chi connectivity index (χ4n) is 3.61. The number of hydrogen-bond donors (Lipinski definition) is 1. The molecule has 4 rings (SSSR count). The largest absolute Gasteiger partial charge is 0.361 e. The first-order valence-corrected chi connectivity index (χ1v) is 9.81. The van der Waals surface area contributed by atoms with Crippen molar-refractivity contribution in [2.24, 2.45) is 0 Å². The van der Waals surface area contributed by atoms with Gasteiger partial charge in [0.15, 0.2) is 0 Å². The summed E-state index contributed by atoms with van der Waals surface area (Å²) in [6, 6.07) is 13.3. The number of nitrogens with zero attached hydrogens (tertiary/aromatic N) is 1. The summed E-state index contributed by atoms with van der Waals surface area (Å²) in [6.07, 6.45) is 3.45. The molecule has 0 saturated carbocycles. The Morgan fingerprint density at radius 3 is 2.48 bits per heavy atom. The van der Waals surface area contributed by atoms with Crippen LogP contribution in [0.5, 0.6) is 0 Å². The second-order valence-electron chi connectivity index (χ2n) is 6.43. The van der Waals surface area contributed by atoms with Gasteiger partial charge in [0, 0.05) is 30.2 Å². The van der Waals surface area contributed by atoms with Crippen LogP contribution >= 0.6 is 0 Å². The summed E-state index contributed by atoms with van der Waals surface area (Å²) in [6.45, 7) is 0.992. The lowest BCUT2D eigenvalue weighted by atomic mass is 9.90. The molecule has 4 nitrogen and oxygen atoms in total. The second kappa shape index (κ2) is 6.28. The third kappa shape index (κ3) is 2.96. The van der Waals surface area contributed by atoms with Gasteiger partial charge in [-0.15, -0.1) is 0 Å². The molecule has 0 radical (unpaired) electrons. The molecule has 1 saturated heterocycles. The van der Waals surface area contributed by atoms with Gasteiger partial charge in [-0.25, -0.2) is 12.8 Å². The molecule has 2 heterocycles. The second-order valence-corrected chi connectivity index (χ2v) is 8.36. The lowest BCUT2D eigenvalue weighted by Gasteiger charge is -2.31. The standard InChI is InChI=1S/C19H19FN2O2S/c20-15-6-7-17-18(13-21-19(17)12-15)14-8-10-22(11-9-14)25(23,24)16-4-2-1-3-5-16/h1-7,12-14,21H,8-11H2. The average Bonchev–Trinajstić information content (AvgIpc) is 3.05. The molecule has 0 spiro atoms. The average molecular weight is 358 g/mol. The molecule has 0 aliphatic carbocycles. The maximum absolute atomic E-state index is 13.3. The Balaban J connectivity index is 1.53. The molecule has 1 aliphatic heterocycles. The van der Waals surface area contributed by atoms with E-state index in [9.17, 15) is 12.8 Å². The predicted octanol–water partition coefficient (Wildman–Crippen LogP) is 3.88. The summed E-state index contributed by atoms with van der Waals surface area (Å²) in [5, 5.41) is 1.02. The highest BCUT2D eigenvalue weighted by atomic mass is 32.2. The van der Waals surface area contributed by atoms with E-state index in [1.165, 1.54) is 12.1 Å². The number of rotatable bonds is 3. The molecular weight excluding hydrogens is 339 g/mol. The topological polar surface area (TPSA) is 53.2 Å². The first-order valence-electron chi connectivity index (χ1n) is 8.37. The van der Waals surface area contributed by atoms with Crippen LogP contribution < -0.4 is 0 Å². The van der Waals surface area contributed by atoms with E-state index in [0.29, 0.717) is 18.0 Å². The van der Waals surface area contributed by atoms with Gasteiger partial charge in [-0.2, -0.15) is 4.31 Å². The number of sulfonamides is 1. The molecule has 1 N–H and O–H groups in total. The van der Waals surface area contributed by atoms with Gasteiger partial charge in [-0.1, -0.05) is 18.2 Å². The molecule has 0 amide bonds. The lowest BCUT2D eigenvalue weighted by molar-refractivity contribution is 0.320. The molecule has 130 valence electrons. The van der Waals surface area contributed by atoms with E-state index < -0.39 is 10.0 Å². The van der Waals surface area contributed by atoms with Crippen LogP contribution in [0, 0.1) is 5.82 Å². The van der Waals surface area contributed by atoms with E-state index in [-0.39, 0.29) is 11.7 Å². The Morgan fingerprint density at radius 1 is 1.04 bits per heavy atom. The molecule has 0 bridgehead atoms. The summed E-state index contributed by atoms with van der Waals surface area (Å²) >= 11 is 0. The Morgan fingerprint density at radius 2 is 1.76 bits per heavy atom. The highest BCUT2D eigenvalue weighted by Crippen LogP contribution is 2.34. The van der Waals surface area contributed by atoms with E-state index in [4.69, 9.17) is 0 Å². The lowest BCUT2D eigenvalue weighted by Crippen LogP contribution is -2.37. The third-order valence-corrected chi connectivity index (χ3v) is 6.86. The molecular formula is C19H19FN2O2S. The van der Waals surface area contributed by atoms with Crippen LogP contribution in [0.1, 0.15) is 24.3 Å². The molecule has 0 unspecified atom stereocenters. The smallest absolute Gasteiger partial charge is 0.243 e. The summed E-state index contributed by atoms with van der Waals surface area (Å²) < 4.78 is 40.3. The molecule has 2 aromatic carbocycles. The fraction of sp³-hybridized carbons (Fsp3) is 0.263. The Bertz CT molecular complexity index is 991. The Hall–Kier alpha value is -2.18. The number of hydrogen-bond acceptors (Lipinski definition) is 2. The van der Waals surface area contributed by atoms with Crippen LogP contribution in [0.4, 0.5) is 4.39 Å². The van der Waals surface area contributed by atoms with Crippen molar-refractivity contribution in [1.82, 2.24) is 9.29 Å². The van der Waals surface area contributed by atoms with Crippen molar-refractivity contribution in [3.8, 4) is 0 Å². The van der Waals surface area contributed by atoms with E-state index in [1.54, 1.807) is 34.6 Å². The van der Waals surface area contributed by atoms with Gasteiger partial charge in [0.2, 0.25) is 10.0 Å². The Labute approximate surface area is 146 Å². The van der Waals surface area contributed by atoms with Crippen LogP contribution in [0.3, 0.4) is 0 Å². The molecule has 1 aromatic heterocycles. The molecule has 1 fully saturated rings. The summed E-state index contributed by atoms with van der Waals surface area (Å²) in [5.74, 6) is 0.0195. The van der Waals surface area contributed by atoms with Crippen molar-refractivity contribution in [3.63, 3.8) is 0 Å². The van der Waals surface area contributed by atoms with Gasteiger partial charge in [0.25, 0.3) is 0 Å². The van der Waals surface area contributed by atoms with Crippen LogP contribution in [0.2, 0.25) is 0 Å². The number of aromatic amines is 1. The van der Waals surface area contributed by atoms with Crippen molar-refractivity contribution < 1.29 is 12.8 Å². The highest BCUT2D eigenvalue weighted by molar-refractivity contribution is 7.89. The van der Waals surface area contributed by atoms with E-state index in [0.717, 1.165) is 29.3 Å². The van der Waals surface area contributed by atoms with Crippen molar-refractivity contribution in [2.75, 3.05) is 13.1 Å². The molecule has 0 atom stereocenters. The van der Waals surface area contributed by atoms with Gasteiger partial charge in [0.05, 0.1) is 4.90 Å². The van der Waals surface area contributed by atoms with Crippen LogP contribution in [-0.2, 0) is 10.0 Å². The van der Waals surface area contributed by atoms with Gasteiger partial charge in [0.1, 0.15) is 5.82 Å². The summed E-state index contributed by atoms with van der Waals surface area (Å²) in [5.41, 5.74) is 1.93. The first-order chi connectivity index (χ1) is 12.1. The van der Waals surface area contributed by atoms with Crippen molar-refractivity contribution in [1.29, 1.82) is 0 Å².